The van der Waals surface area contributed by atoms with Gasteiger partial charge in [-0.15, -0.1) is 0 Å². The van der Waals surface area contributed by atoms with E-state index in [1.165, 1.54) is 0 Å². The smallest absolute Gasteiger partial charge is 0.340 e. The maximum absolute atomic E-state index is 13.2. The van der Waals surface area contributed by atoms with Gasteiger partial charge in [0.15, 0.2) is 11.5 Å². The monoisotopic (exact) mass is 612 g/mol. The molecule has 0 radical (unpaired) electrons. The van der Waals surface area contributed by atoms with Gasteiger partial charge in [-0.3, -0.25) is 14.4 Å². The van der Waals surface area contributed by atoms with Crippen LogP contribution in [0.25, 0.3) is 0 Å². The number of esters is 3. The molecule has 0 saturated heterocycles. The summed E-state index contributed by atoms with van der Waals surface area (Å²) in [7, 11) is 0. The topological polar surface area (TPSA) is 116 Å². The minimum atomic E-state index is -2.70. The summed E-state index contributed by atoms with van der Waals surface area (Å²) in [5.41, 5.74) is -2.70. The summed E-state index contributed by atoms with van der Waals surface area (Å²) in [6.07, 6.45) is 13.3. The number of ketones is 1. The molecule has 0 bridgehead atoms. The molecule has 0 saturated carbocycles. The molecule has 0 heterocycles. The van der Waals surface area contributed by atoms with Gasteiger partial charge in [0.2, 0.25) is 0 Å². The molecule has 8 nitrogen and oxygen atoms in total. The first kappa shape index (κ1) is 41.0. The molecule has 2 unspecified atom stereocenters. The van der Waals surface area contributed by atoms with Crippen LogP contribution in [0.3, 0.4) is 0 Å². The Morgan fingerprint density at radius 1 is 0.558 bits per heavy atom. The van der Waals surface area contributed by atoms with E-state index in [9.17, 15) is 24.3 Å². The average Bonchev–Trinajstić information content (AvgIpc) is 2.90. The highest BCUT2D eigenvalue weighted by atomic mass is 16.6. The molecule has 0 rings (SSSR count). The molecule has 0 aliphatic heterocycles. The van der Waals surface area contributed by atoms with Gasteiger partial charge in [-0.05, 0) is 43.9 Å². The Balaban J connectivity index is 5.21. The highest BCUT2D eigenvalue weighted by molar-refractivity contribution is 6.05. The molecule has 0 amide bonds. The van der Waals surface area contributed by atoms with Gasteiger partial charge in [0.25, 0.3) is 0 Å². The zero-order chi connectivity index (χ0) is 32.7. The molecule has 43 heavy (non-hydrogen) atoms. The van der Waals surface area contributed by atoms with Gasteiger partial charge in [-0.25, -0.2) is 4.79 Å². The lowest BCUT2D eigenvalue weighted by Crippen LogP contribution is -2.55. The van der Waals surface area contributed by atoms with Crippen molar-refractivity contribution in [3.63, 3.8) is 0 Å². The second-order valence-electron chi connectivity index (χ2n) is 13.5. The molecule has 1 N–H and O–H groups in total. The molecule has 8 heteroatoms. The summed E-state index contributed by atoms with van der Waals surface area (Å²) in [6, 6.07) is 0. The number of rotatable bonds is 27. The second kappa shape index (κ2) is 24.4. The van der Waals surface area contributed by atoms with Gasteiger partial charge in [-0.2, -0.15) is 0 Å². The largest absolute Gasteiger partial charge is 0.466 e. The zero-order valence-electron chi connectivity index (χ0n) is 28.5. The normalized spacial score (nSPS) is 13.7. The summed E-state index contributed by atoms with van der Waals surface area (Å²) < 4.78 is 16.0. The summed E-state index contributed by atoms with van der Waals surface area (Å²) in [5.74, 6) is -3.80. The number of Topliss-reactive ketones (excluding diaryl/α,β-unsaturated/α-hetero) is 1. The predicted molar refractivity (Wildman–Crippen MR) is 170 cm³/mol. The minimum absolute atomic E-state index is 0.0182. The van der Waals surface area contributed by atoms with E-state index in [1.807, 2.05) is 0 Å². The third-order valence-electron chi connectivity index (χ3n) is 7.66. The molecule has 0 aromatic heterocycles. The number of unbranched alkanes of at least 4 members (excludes halogenated alkanes) is 9. The lowest BCUT2D eigenvalue weighted by Gasteiger charge is -2.30. The Morgan fingerprint density at radius 3 is 1.33 bits per heavy atom. The fourth-order valence-corrected chi connectivity index (χ4v) is 5.02. The van der Waals surface area contributed by atoms with E-state index in [2.05, 4.69) is 41.5 Å². The van der Waals surface area contributed by atoms with Crippen molar-refractivity contribution in [2.24, 2.45) is 23.7 Å². The summed E-state index contributed by atoms with van der Waals surface area (Å²) in [5, 5.41) is 11.5. The molecule has 0 aliphatic rings. The van der Waals surface area contributed by atoms with Gasteiger partial charge in [0.1, 0.15) is 5.78 Å². The highest BCUT2D eigenvalue weighted by Crippen LogP contribution is 2.28. The van der Waals surface area contributed by atoms with Crippen LogP contribution < -0.4 is 0 Å². The van der Waals surface area contributed by atoms with Crippen LogP contribution >= 0.6 is 0 Å². The molecule has 252 valence electrons. The average molecular weight is 613 g/mol. The van der Waals surface area contributed by atoms with Crippen molar-refractivity contribution in [3.05, 3.63) is 0 Å². The third-order valence-corrected chi connectivity index (χ3v) is 7.66. The predicted octanol–water partition coefficient (Wildman–Crippen LogP) is 7.76. The number of carbonyl (C=O) groups is 4. The van der Waals surface area contributed by atoms with Gasteiger partial charge >= 0.3 is 17.9 Å². The standard InChI is InChI=1S/C35H64O8/c1-27(2)20-14-8-11-17-23-41-31(37)26-35(40,34(39)43-25-19-13-10-16-22-29(5)6)32(30(7)36)33(38)42-24-18-12-9-15-21-28(3)4/h27-29,32,40H,8-26H2,1-7H3. The van der Waals surface area contributed by atoms with Crippen molar-refractivity contribution in [2.45, 2.75) is 157 Å². The summed E-state index contributed by atoms with van der Waals surface area (Å²) in [4.78, 5) is 51.6. The molecule has 0 aliphatic carbocycles. The summed E-state index contributed by atoms with van der Waals surface area (Å²) >= 11 is 0. The number of carbonyl (C=O) groups excluding carboxylic acids is 4. The number of hydrogen-bond donors (Lipinski definition) is 1. The first-order chi connectivity index (χ1) is 20.3. The van der Waals surface area contributed by atoms with Crippen LogP contribution in [0.2, 0.25) is 0 Å². The molecular weight excluding hydrogens is 548 g/mol. The lowest BCUT2D eigenvalue weighted by molar-refractivity contribution is -0.187. The van der Waals surface area contributed by atoms with Crippen LogP contribution in [-0.2, 0) is 33.4 Å². The quantitative estimate of drug-likeness (QED) is 0.0433. The minimum Gasteiger partial charge on any atom is -0.466 e. The van der Waals surface area contributed by atoms with Crippen LogP contribution in [0.4, 0.5) is 0 Å². The number of aliphatic hydroxyl groups is 1. The first-order valence-electron chi connectivity index (χ1n) is 17.0. The maximum Gasteiger partial charge on any atom is 0.340 e. The Bertz CT molecular complexity index is 776. The van der Waals surface area contributed by atoms with Gasteiger partial charge in [-0.1, -0.05) is 119 Å². The van der Waals surface area contributed by atoms with Crippen molar-refractivity contribution >= 4 is 23.7 Å². The molecule has 2 atom stereocenters. The van der Waals surface area contributed by atoms with Crippen molar-refractivity contribution in [1.82, 2.24) is 0 Å². The molecule has 0 spiro atoms. The lowest BCUT2D eigenvalue weighted by atomic mass is 9.81. The van der Waals surface area contributed by atoms with E-state index in [1.54, 1.807) is 0 Å². The van der Waals surface area contributed by atoms with Crippen LogP contribution in [0, 0.1) is 23.7 Å². The van der Waals surface area contributed by atoms with Gasteiger partial charge in [0.05, 0.1) is 26.2 Å². The molecule has 0 aromatic rings. The Morgan fingerprint density at radius 2 is 0.930 bits per heavy atom. The van der Waals surface area contributed by atoms with Crippen LogP contribution in [-0.4, -0.2) is 54.2 Å². The molecule has 0 fully saturated rings. The van der Waals surface area contributed by atoms with Crippen molar-refractivity contribution in [1.29, 1.82) is 0 Å². The van der Waals surface area contributed by atoms with E-state index < -0.39 is 41.6 Å². The van der Waals surface area contributed by atoms with Crippen molar-refractivity contribution in [2.75, 3.05) is 19.8 Å². The van der Waals surface area contributed by atoms with E-state index >= 15 is 0 Å². The summed E-state index contributed by atoms with van der Waals surface area (Å²) in [6.45, 7) is 14.4. The van der Waals surface area contributed by atoms with Crippen molar-refractivity contribution < 1.29 is 38.5 Å². The van der Waals surface area contributed by atoms with Crippen molar-refractivity contribution in [3.8, 4) is 0 Å². The SMILES string of the molecule is CC(=O)C(C(=O)OCCCCCCC(C)C)C(O)(CC(=O)OCCCCCCC(C)C)C(=O)OCCCCCCC(C)C. The highest BCUT2D eigenvalue weighted by Gasteiger charge is 2.54. The van der Waals surface area contributed by atoms with E-state index in [-0.39, 0.29) is 19.8 Å². The van der Waals surface area contributed by atoms with Crippen LogP contribution in [0.15, 0.2) is 0 Å². The van der Waals surface area contributed by atoms with Crippen LogP contribution in [0.5, 0.6) is 0 Å². The van der Waals surface area contributed by atoms with E-state index in [4.69, 9.17) is 14.2 Å². The Kier molecular flexibility index (Phi) is 23.3. The zero-order valence-corrected chi connectivity index (χ0v) is 28.5. The third kappa shape index (κ3) is 20.6. The Labute approximate surface area is 262 Å². The van der Waals surface area contributed by atoms with E-state index in [0.717, 1.165) is 84.0 Å². The fraction of sp³-hybridized carbons (Fsp3) is 0.886. The first-order valence-corrected chi connectivity index (χ1v) is 17.0. The van der Waals surface area contributed by atoms with Gasteiger partial charge in [0, 0.05) is 0 Å². The van der Waals surface area contributed by atoms with Crippen LogP contribution in [0.1, 0.15) is 151 Å². The molecule has 0 aromatic carbocycles. The van der Waals surface area contributed by atoms with E-state index in [0.29, 0.717) is 37.0 Å². The number of ether oxygens (including phenoxy) is 3. The Hall–Kier alpha value is -1.96. The number of hydrogen-bond acceptors (Lipinski definition) is 8. The molecular formula is C35H64O8. The van der Waals surface area contributed by atoms with Gasteiger partial charge < -0.3 is 19.3 Å². The fourth-order valence-electron chi connectivity index (χ4n) is 5.02. The maximum atomic E-state index is 13.2. The second-order valence-corrected chi connectivity index (χ2v) is 13.5.